The fraction of sp³-hybridized carbons (Fsp3) is 0.174. The lowest BCUT2D eigenvalue weighted by atomic mass is 10.2. The predicted octanol–water partition coefficient (Wildman–Crippen LogP) is 3.97. The van der Waals surface area contributed by atoms with Crippen LogP contribution in [0.15, 0.2) is 46.2 Å². The second-order valence-corrected chi connectivity index (χ2v) is 9.81. The molecule has 0 aliphatic rings. The van der Waals surface area contributed by atoms with Crippen molar-refractivity contribution in [2.24, 2.45) is 7.05 Å². The Morgan fingerprint density at radius 3 is 2.49 bits per heavy atom. The lowest BCUT2D eigenvalue weighted by molar-refractivity contribution is 0.486. The molecule has 0 aliphatic carbocycles. The summed E-state index contributed by atoms with van der Waals surface area (Å²) < 4.78 is 46.0. The van der Waals surface area contributed by atoms with E-state index in [0.717, 1.165) is 24.9 Å². The van der Waals surface area contributed by atoms with Gasteiger partial charge in [0.25, 0.3) is 5.56 Å². The minimum absolute atomic E-state index is 0.0353. The molecule has 0 amide bonds. The van der Waals surface area contributed by atoms with E-state index in [2.05, 4.69) is 20.4 Å². The van der Waals surface area contributed by atoms with Crippen molar-refractivity contribution in [3.8, 4) is 0 Å². The van der Waals surface area contributed by atoms with Gasteiger partial charge in [-0.1, -0.05) is 11.6 Å². The number of hydrogen-bond acceptors (Lipinski definition) is 7. The highest BCUT2D eigenvalue weighted by atomic mass is 35.5. The molecule has 0 spiro atoms. The van der Waals surface area contributed by atoms with Gasteiger partial charge in [0.15, 0.2) is 17.5 Å². The second-order valence-electron chi connectivity index (χ2n) is 8.17. The van der Waals surface area contributed by atoms with E-state index in [1.807, 2.05) is 6.92 Å². The molecule has 1 N–H and O–H groups in total. The van der Waals surface area contributed by atoms with Crippen LogP contribution in [-0.2, 0) is 20.1 Å². The minimum atomic E-state index is -1.36. The van der Waals surface area contributed by atoms with Gasteiger partial charge < -0.3 is 5.32 Å². The van der Waals surface area contributed by atoms with E-state index in [4.69, 9.17) is 11.6 Å². The van der Waals surface area contributed by atoms with E-state index in [1.54, 1.807) is 19.2 Å². The lowest BCUT2D eigenvalue weighted by Crippen LogP contribution is -2.41. The summed E-state index contributed by atoms with van der Waals surface area (Å²) in [7, 11) is 1.63. The number of anilines is 2. The number of fused-ring (bicyclic) bond motifs is 1. The van der Waals surface area contributed by atoms with E-state index in [1.165, 1.54) is 22.3 Å². The Morgan fingerprint density at radius 2 is 1.76 bits per heavy atom. The first-order valence-corrected chi connectivity index (χ1v) is 11.9. The zero-order valence-corrected chi connectivity index (χ0v) is 20.9. The van der Waals surface area contributed by atoms with E-state index < -0.39 is 35.2 Å². The van der Waals surface area contributed by atoms with Gasteiger partial charge >= 0.3 is 5.69 Å². The number of hydrogen-bond donors (Lipinski definition) is 1. The molecule has 0 fully saturated rings. The van der Waals surface area contributed by atoms with Crippen molar-refractivity contribution in [2.75, 3.05) is 5.32 Å². The van der Waals surface area contributed by atoms with Crippen LogP contribution in [-0.4, -0.2) is 28.9 Å². The molecular formula is C23H17ClF3N7O2S. The van der Waals surface area contributed by atoms with Gasteiger partial charge in [0.05, 0.1) is 39.0 Å². The van der Waals surface area contributed by atoms with Gasteiger partial charge in [-0.3, -0.25) is 18.6 Å². The van der Waals surface area contributed by atoms with Crippen LogP contribution in [0.3, 0.4) is 0 Å². The highest BCUT2D eigenvalue weighted by Gasteiger charge is 2.18. The molecule has 3 aromatic heterocycles. The van der Waals surface area contributed by atoms with E-state index >= 15 is 0 Å². The summed E-state index contributed by atoms with van der Waals surface area (Å²) in [4.78, 5) is 34.8. The molecule has 0 atom stereocenters. The summed E-state index contributed by atoms with van der Waals surface area (Å²) in [6.07, 6.45) is 1.41. The Morgan fingerprint density at radius 1 is 1.00 bits per heavy atom. The van der Waals surface area contributed by atoms with Crippen LogP contribution >= 0.6 is 22.9 Å². The summed E-state index contributed by atoms with van der Waals surface area (Å²) >= 11 is 7.84. The van der Waals surface area contributed by atoms with Crippen LogP contribution in [0.2, 0.25) is 5.02 Å². The van der Waals surface area contributed by atoms with Crippen molar-refractivity contribution in [2.45, 2.75) is 20.0 Å². The number of benzene rings is 2. The largest absolute Gasteiger partial charge is 0.340 e. The van der Waals surface area contributed by atoms with Crippen molar-refractivity contribution in [1.82, 2.24) is 28.9 Å². The number of thiazole rings is 1. The molecule has 0 aliphatic heterocycles. The summed E-state index contributed by atoms with van der Waals surface area (Å²) in [6, 6.07) is 5.52. The van der Waals surface area contributed by atoms with Crippen LogP contribution in [0.25, 0.3) is 10.2 Å². The summed E-state index contributed by atoms with van der Waals surface area (Å²) in [6.45, 7) is 1.07. The topological polar surface area (TPSA) is 99.6 Å². The van der Waals surface area contributed by atoms with Crippen LogP contribution in [0.5, 0.6) is 0 Å². The summed E-state index contributed by atoms with van der Waals surface area (Å²) in [5.41, 5.74) is -0.798. The standard InChI is InChI=1S/C23H17ClF3N7O2S/c1-11-29-18-4-13(24)17(6-19(18)37-11)30-21-7-22(35)34(9-20-28-10-32(2)31-20)23(36)33(21)8-12-3-15(26)16(27)5-14(12)25/h3-7,10,30H,8-9H2,1-2H3. The summed E-state index contributed by atoms with van der Waals surface area (Å²) in [5.74, 6) is -3.54. The van der Waals surface area contributed by atoms with Crippen molar-refractivity contribution in [3.63, 3.8) is 0 Å². The van der Waals surface area contributed by atoms with Gasteiger partial charge in [-0.15, -0.1) is 11.3 Å². The van der Waals surface area contributed by atoms with Crippen molar-refractivity contribution < 1.29 is 13.2 Å². The van der Waals surface area contributed by atoms with Crippen LogP contribution in [0.4, 0.5) is 24.7 Å². The molecule has 9 nitrogen and oxygen atoms in total. The van der Waals surface area contributed by atoms with Crippen LogP contribution in [0, 0.1) is 24.4 Å². The SMILES string of the molecule is Cc1nc2cc(Cl)c(Nc3cc(=O)n(Cc4ncn(C)n4)c(=O)n3Cc3cc(F)c(F)cc3F)cc2s1. The zero-order chi connectivity index (χ0) is 26.4. The van der Waals surface area contributed by atoms with Gasteiger partial charge in [-0.25, -0.2) is 27.9 Å². The Bertz CT molecular complexity index is 1790. The van der Waals surface area contributed by atoms with Gasteiger partial charge in [0.1, 0.15) is 18.0 Å². The normalized spacial score (nSPS) is 11.4. The fourth-order valence-electron chi connectivity index (χ4n) is 3.77. The first kappa shape index (κ1) is 24.7. The molecule has 190 valence electrons. The number of nitrogens with zero attached hydrogens (tertiary/aromatic N) is 6. The Labute approximate surface area is 215 Å². The number of rotatable bonds is 6. The maximum Gasteiger partial charge on any atom is 0.333 e. The number of nitrogens with one attached hydrogen (secondary N) is 1. The highest BCUT2D eigenvalue weighted by Crippen LogP contribution is 2.33. The highest BCUT2D eigenvalue weighted by molar-refractivity contribution is 7.18. The van der Waals surface area contributed by atoms with Crippen molar-refractivity contribution in [1.29, 1.82) is 0 Å². The predicted molar refractivity (Wildman–Crippen MR) is 133 cm³/mol. The molecule has 0 radical (unpaired) electrons. The first-order valence-electron chi connectivity index (χ1n) is 10.8. The quantitative estimate of drug-likeness (QED) is 0.323. The average molecular weight is 548 g/mol. The van der Waals surface area contributed by atoms with Gasteiger partial charge in [-0.05, 0) is 25.1 Å². The molecular weight excluding hydrogens is 531 g/mol. The summed E-state index contributed by atoms with van der Waals surface area (Å²) in [5, 5.41) is 8.12. The minimum Gasteiger partial charge on any atom is -0.340 e. The molecule has 0 unspecified atom stereocenters. The molecule has 0 saturated carbocycles. The molecule has 2 aromatic carbocycles. The third-order valence-corrected chi connectivity index (χ3v) is 6.74. The van der Waals surface area contributed by atoms with Gasteiger partial charge in [0, 0.05) is 24.7 Å². The number of aromatic nitrogens is 6. The molecule has 3 heterocycles. The molecule has 5 rings (SSSR count). The Kier molecular flexibility index (Phi) is 6.33. The van der Waals surface area contributed by atoms with E-state index in [0.29, 0.717) is 23.3 Å². The molecule has 14 heteroatoms. The maximum absolute atomic E-state index is 14.5. The zero-order valence-electron chi connectivity index (χ0n) is 19.3. The van der Waals surface area contributed by atoms with Crippen molar-refractivity contribution >= 4 is 44.7 Å². The van der Waals surface area contributed by atoms with Gasteiger partial charge in [-0.2, -0.15) is 5.10 Å². The third-order valence-electron chi connectivity index (χ3n) is 5.49. The smallest absolute Gasteiger partial charge is 0.333 e. The second kappa shape index (κ2) is 9.48. The monoisotopic (exact) mass is 547 g/mol. The third kappa shape index (κ3) is 4.87. The van der Waals surface area contributed by atoms with Gasteiger partial charge in [0.2, 0.25) is 0 Å². The van der Waals surface area contributed by atoms with Crippen molar-refractivity contribution in [3.05, 3.63) is 96.4 Å². The lowest BCUT2D eigenvalue weighted by Gasteiger charge is -2.17. The molecule has 5 aromatic rings. The Balaban J connectivity index is 1.64. The molecule has 0 bridgehead atoms. The number of aryl methyl sites for hydroxylation is 2. The fourth-order valence-corrected chi connectivity index (χ4v) is 4.82. The van der Waals surface area contributed by atoms with E-state index in [-0.39, 0.29) is 28.8 Å². The number of halogens is 4. The maximum atomic E-state index is 14.5. The van der Waals surface area contributed by atoms with E-state index in [9.17, 15) is 22.8 Å². The molecule has 0 saturated heterocycles. The van der Waals surface area contributed by atoms with Crippen LogP contribution in [0.1, 0.15) is 16.4 Å². The first-order chi connectivity index (χ1) is 17.6. The van der Waals surface area contributed by atoms with Crippen LogP contribution < -0.4 is 16.6 Å². The Hall–Kier alpha value is -3.97. The molecule has 37 heavy (non-hydrogen) atoms. The average Bonchev–Trinajstić information content (AvgIpc) is 3.40.